The van der Waals surface area contributed by atoms with Gasteiger partial charge in [-0.25, -0.2) is 17.2 Å². The third-order valence-corrected chi connectivity index (χ3v) is 7.42. The zero-order valence-corrected chi connectivity index (χ0v) is 20.4. The van der Waals surface area contributed by atoms with Crippen molar-refractivity contribution in [3.05, 3.63) is 65.2 Å². The molecular weight excluding hydrogens is 553 g/mol. The van der Waals surface area contributed by atoms with E-state index in [4.69, 9.17) is 10.00 Å². The number of hydrogen-bond donors (Lipinski definition) is 0. The Morgan fingerprint density at radius 3 is 2.19 bits per heavy atom. The van der Waals surface area contributed by atoms with Gasteiger partial charge in [0.25, 0.3) is 0 Å². The second-order valence-corrected chi connectivity index (χ2v) is 9.53. The first-order valence-electron chi connectivity index (χ1n) is 9.83. The SMILES string of the molecule is CCOC(=O)C(CCC(F)F)N(Cc1ccc(C#N)cc1)S(=O)(=O)c1ccc(CI)cc1. The van der Waals surface area contributed by atoms with Gasteiger partial charge in [-0.2, -0.15) is 9.57 Å². The molecule has 0 amide bonds. The zero-order chi connectivity index (χ0) is 23.7. The van der Waals surface area contributed by atoms with Crippen LogP contribution in [-0.2, 0) is 30.5 Å². The van der Waals surface area contributed by atoms with Crippen LogP contribution in [0.3, 0.4) is 0 Å². The van der Waals surface area contributed by atoms with Crippen LogP contribution in [-0.4, -0.2) is 37.8 Å². The van der Waals surface area contributed by atoms with Crippen LogP contribution in [0.25, 0.3) is 0 Å². The molecule has 0 aliphatic heterocycles. The molecule has 0 heterocycles. The molecule has 0 N–H and O–H groups in total. The molecular formula is C22H23F2IN2O4S. The number of nitriles is 1. The maximum atomic E-state index is 13.5. The van der Waals surface area contributed by atoms with E-state index in [-0.39, 0.29) is 18.0 Å². The highest BCUT2D eigenvalue weighted by molar-refractivity contribution is 14.1. The summed E-state index contributed by atoms with van der Waals surface area (Å²) in [6.07, 6.45) is -3.75. The van der Waals surface area contributed by atoms with Gasteiger partial charge in [0.05, 0.1) is 23.1 Å². The number of hydrogen-bond acceptors (Lipinski definition) is 5. The van der Waals surface area contributed by atoms with Crippen molar-refractivity contribution in [2.45, 2.75) is 48.1 Å². The van der Waals surface area contributed by atoms with Gasteiger partial charge in [-0.05, 0) is 48.7 Å². The maximum Gasteiger partial charge on any atom is 0.324 e. The molecule has 172 valence electrons. The number of nitrogens with zero attached hydrogens (tertiary/aromatic N) is 2. The highest BCUT2D eigenvalue weighted by Crippen LogP contribution is 2.26. The van der Waals surface area contributed by atoms with Crippen LogP contribution in [0.5, 0.6) is 0 Å². The molecule has 0 bridgehead atoms. The Labute approximate surface area is 200 Å². The number of esters is 1. The van der Waals surface area contributed by atoms with Crippen LogP contribution < -0.4 is 0 Å². The summed E-state index contributed by atoms with van der Waals surface area (Å²) in [5.74, 6) is -0.880. The number of alkyl halides is 3. The van der Waals surface area contributed by atoms with Crippen molar-refractivity contribution >= 4 is 38.6 Å². The summed E-state index contributed by atoms with van der Waals surface area (Å²) in [7, 11) is -4.23. The number of rotatable bonds is 11. The van der Waals surface area contributed by atoms with E-state index >= 15 is 0 Å². The molecule has 1 atom stereocenters. The van der Waals surface area contributed by atoms with E-state index in [2.05, 4.69) is 22.6 Å². The lowest BCUT2D eigenvalue weighted by Gasteiger charge is -2.29. The highest BCUT2D eigenvalue weighted by Gasteiger charge is 2.37. The third kappa shape index (κ3) is 6.95. The van der Waals surface area contributed by atoms with E-state index in [1.165, 1.54) is 24.3 Å². The lowest BCUT2D eigenvalue weighted by molar-refractivity contribution is -0.148. The smallest absolute Gasteiger partial charge is 0.324 e. The van der Waals surface area contributed by atoms with Crippen molar-refractivity contribution in [1.29, 1.82) is 5.26 Å². The van der Waals surface area contributed by atoms with Crippen molar-refractivity contribution < 1.29 is 26.7 Å². The minimum absolute atomic E-state index is 0.0148. The third-order valence-electron chi connectivity index (χ3n) is 4.67. The fraction of sp³-hybridized carbons (Fsp3) is 0.364. The van der Waals surface area contributed by atoms with Crippen molar-refractivity contribution in [2.24, 2.45) is 0 Å². The second-order valence-electron chi connectivity index (χ2n) is 6.87. The number of halogens is 3. The van der Waals surface area contributed by atoms with Crippen LogP contribution in [0.1, 0.15) is 36.5 Å². The molecule has 32 heavy (non-hydrogen) atoms. The quantitative estimate of drug-likeness (QED) is 0.221. The number of ether oxygens (including phenoxy) is 1. The molecule has 10 heteroatoms. The predicted molar refractivity (Wildman–Crippen MR) is 124 cm³/mol. The first kappa shape index (κ1) is 26.2. The fourth-order valence-corrected chi connectivity index (χ4v) is 5.12. The Morgan fingerprint density at radius 1 is 1.09 bits per heavy atom. The summed E-state index contributed by atoms with van der Waals surface area (Å²) in [5, 5.41) is 8.98. The van der Waals surface area contributed by atoms with Crippen LogP contribution in [0.4, 0.5) is 8.78 Å². The predicted octanol–water partition coefficient (Wildman–Crippen LogP) is 4.66. The van der Waals surface area contributed by atoms with Gasteiger partial charge < -0.3 is 4.74 Å². The van der Waals surface area contributed by atoms with Gasteiger partial charge in [0, 0.05) is 17.4 Å². The van der Waals surface area contributed by atoms with Gasteiger partial charge in [-0.15, -0.1) is 0 Å². The highest BCUT2D eigenvalue weighted by atomic mass is 127. The van der Waals surface area contributed by atoms with Gasteiger partial charge >= 0.3 is 5.97 Å². The van der Waals surface area contributed by atoms with Crippen molar-refractivity contribution in [2.75, 3.05) is 6.61 Å². The van der Waals surface area contributed by atoms with E-state index < -0.39 is 41.3 Å². The van der Waals surface area contributed by atoms with Gasteiger partial charge in [-0.1, -0.05) is 46.9 Å². The molecule has 1 unspecified atom stereocenters. The molecule has 0 aliphatic carbocycles. The summed E-state index contributed by atoms with van der Waals surface area (Å²) in [6, 6.07) is 12.9. The lowest BCUT2D eigenvalue weighted by atomic mass is 10.1. The summed E-state index contributed by atoms with van der Waals surface area (Å²) >= 11 is 2.15. The molecule has 0 aromatic heterocycles. The number of carbonyl (C=O) groups is 1. The Balaban J connectivity index is 2.53. The Bertz CT molecular complexity index is 1040. The standard InChI is InChI=1S/C22H23F2IN2O4S/c1-2-31-22(28)20(11-12-21(23)24)27(15-18-5-3-17(14-26)4-6-18)32(29,30)19-9-7-16(13-25)8-10-19/h3-10,20-21H,2,11-13,15H2,1H3. The Morgan fingerprint density at radius 2 is 1.69 bits per heavy atom. The normalized spacial score (nSPS) is 12.5. The average Bonchev–Trinajstić information content (AvgIpc) is 2.78. The summed E-state index contributed by atoms with van der Waals surface area (Å²) in [5.41, 5.74) is 1.81. The summed E-state index contributed by atoms with van der Waals surface area (Å²) < 4.78 is 59.6. The molecule has 0 fully saturated rings. The maximum absolute atomic E-state index is 13.5. The molecule has 0 saturated carbocycles. The monoisotopic (exact) mass is 576 g/mol. The van der Waals surface area contributed by atoms with Gasteiger partial charge in [0.15, 0.2) is 0 Å². The Hall–Kier alpha value is -2.10. The largest absolute Gasteiger partial charge is 0.465 e. The minimum Gasteiger partial charge on any atom is -0.465 e. The summed E-state index contributed by atoms with van der Waals surface area (Å²) in [6.45, 7) is 1.30. The van der Waals surface area contributed by atoms with Crippen LogP contribution >= 0.6 is 22.6 Å². The first-order chi connectivity index (χ1) is 15.2. The van der Waals surface area contributed by atoms with Crippen LogP contribution in [0.2, 0.25) is 0 Å². The van der Waals surface area contributed by atoms with Crippen LogP contribution in [0.15, 0.2) is 53.4 Å². The van der Waals surface area contributed by atoms with E-state index in [1.807, 2.05) is 6.07 Å². The van der Waals surface area contributed by atoms with E-state index in [0.29, 0.717) is 15.6 Å². The minimum atomic E-state index is -4.23. The van der Waals surface area contributed by atoms with E-state index in [0.717, 1.165) is 9.87 Å². The van der Waals surface area contributed by atoms with Gasteiger partial charge in [0.2, 0.25) is 16.4 Å². The molecule has 2 rings (SSSR count). The average molecular weight is 576 g/mol. The number of carbonyl (C=O) groups excluding carboxylic acids is 1. The molecule has 0 spiro atoms. The van der Waals surface area contributed by atoms with Gasteiger partial charge in [0.1, 0.15) is 6.04 Å². The van der Waals surface area contributed by atoms with Crippen molar-refractivity contribution in [3.8, 4) is 6.07 Å². The first-order valence-corrected chi connectivity index (χ1v) is 12.8. The molecule has 6 nitrogen and oxygen atoms in total. The Kier molecular flexibility index (Phi) is 9.99. The van der Waals surface area contributed by atoms with E-state index in [1.54, 1.807) is 31.2 Å². The molecule has 0 saturated heterocycles. The molecule has 0 radical (unpaired) electrons. The lowest BCUT2D eigenvalue weighted by Crippen LogP contribution is -2.45. The zero-order valence-electron chi connectivity index (χ0n) is 17.4. The van der Waals surface area contributed by atoms with Crippen LogP contribution in [0, 0.1) is 11.3 Å². The van der Waals surface area contributed by atoms with Crippen molar-refractivity contribution in [3.63, 3.8) is 0 Å². The summed E-state index contributed by atoms with van der Waals surface area (Å²) in [4.78, 5) is 12.6. The molecule has 2 aromatic carbocycles. The fourth-order valence-electron chi connectivity index (χ4n) is 3.01. The number of sulfonamides is 1. The van der Waals surface area contributed by atoms with Crippen molar-refractivity contribution in [1.82, 2.24) is 4.31 Å². The van der Waals surface area contributed by atoms with E-state index in [9.17, 15) is 22.0 Å². The second kappa shape index (κ2) is 12.2. The molecule has 0 aliphatic rings. The van der Waals surface area contributed by atoms with Gasteiger partial charge in [-0.3, -0.25) is 4.79 Å². The molecule has 2 aromatic rings. The topological polar surface area (TPSA) is 87.5 Å². The number of benzene rings is 2.